The number of nitro groups is 1. The molecule has 1 atom stereocenters. The van der Waals surface area contributed by atoms with E-state index in [1.807, 2.05) is 0 Å². The van der Waals surface area contributed by atoms with Crippen LogP contribution in [0.2, 0.25) is 0 Å². The predicted molar refractivity (Wildman–Crippen MR) is 151 cm³/mol. The van der Waals surface area contributed by atoms with Crippen LogP contribution < -0.4 is 22.1 Å². The number of primary amides is 1. The van der Waals surface area contributed by atoms with Crippen molar-refractivity contribution >= 4 is 23.6 Å². The third kappa shape index (κ3) is 21.2. The van der Waals surface area contributed by atoms with Gasteiger partial charge in [-0.05, 0) is 25.3 Å². The topological polar surface area (TPSA) is 239 Å². The summed E-state index contributed by atoms with van der Waals surface area (Å²) in [6.45, 7) is 5.44. The van der Waals surface area contributed by atoms with Crippen molar-refractivity contribution in [3.63, 3.8) is 0 Å². The smallest absolute Gasteiger partial charge is 0.395 e. The highest BCUT2D eigenvalue weighted by molar-refractivity contribution is 5.91. The van der Waals surface area contributed by atoms with Crippen LogP contribution in [0.25, 0.3) is 0 Å². The van der Waals surface area contributed by atoms with Gasteiger partial charge in [-0.1, -0.05) is 0 Å². The monoisotopic (exact) mass is 619 g/mol. The maximum atomic E-state index is 12.1. The Morgan fingerprint density at radius 3 is 1.77 bits per heavy atom. The molecule has 3 amide bonds. The van der Waals surface area contributed by atoms with E-state index >= 15 is 0 Å². The lowest BCUT2D eigenvalue weighted by Gasteiger charge is -2.12. The van der Waals surface area contributed by atoms with E-state index in [0.717, 1.165) is 6.07 Å². The van der Waals surface area contributed by atoms with Gasteiger partial charge in [0.2, 0.25) is 11.8 Å². The largest absolute Gasteiger partial charge is 0.433 e. The molecule has 1 heterocycles. The number of hydrogen-bond acceptors (Lipinski definition) is 13. The molecule has 0 aliphatic rings. The van der Waals surface area contributed by atoms with Crippen molar-refractivity contribution in [2.24, 2.45) is 11.5 Å². The first kappa shape index (κ1) is 37.8. The van der Waals surface area contributed by atoms with Crippen molar-refractivity contribution in [3.8, 4) is 0 Å². The molecule has 0 aliphatic heterocycles. The maximum Gasteiger partial charge on any atom is 0.433 e. The van der Waals surface area contributed by atoms with Gasteiger partial charge in [0, 0.05) is 19.5 Å². The van der Waals surface area contributed by atoms with E-state index in [1.165, 1.54) is 6.07 Å². The molecule has 0 saturated heterocycles. The van der Waals surface area contributed by atoms with E-state index < -0.39 is 28.7 Å². The Hall–Kier alpha value is -3.19. The molecule has 246 valence electrons. The van der Waals surface area contributed by atoms with Crippen LogP contribution in [0, 0.1) is 10.1 Å². The van der Waals surface area contributed by atoms with Crippen LogP contribution in [-0.2, 0) is 38.0 Å². The third-order valence-electron chi connectivity index (χ3n) is 5.46. The number of nitrogens with zero attached hydrogens (tertiary/aromatic N) is 1. The Morgan fingerprint density at radius 2 is 1.28 bits per heavy atom. The number of ether oxygens (including phenoxy) is 6. The summed E-state index contributed by atoms with van der Waals surface area (Å²) in [5, 5.41) is 15.9. The quantitative estimate of drug-likeness (QED) is 0.0503. The van der Waals surface area contributed by atoms with Crippen molar-refractivity contribution in [1.82, 2.24) is 10.6 Å². The van der Waals surface area contributed by atoms with Crippen LogP contribution in [-0.4, -0.2) is 121 Å². The van der Waals surface area contributed by atoms with Crippen LogP contribution in [0.5, 0.6) is 0 Å². The second-order valence-corrected chi connectivity index (χ2v) is 8.93. The van der Waals surface area contributed by atoms with E-state index in [9.17, 15) is 24.5 Å². The molecule has 0 aromatic carbocycles. The maximum absolute atomic E-state index is 12.1. The summed E-state index contributed by atoms with van der Waals surface area (Å²) in [4.78, 5) is 44.4. The van der Waals surface area contributed by atoms with Crippen LogP contribution >= 0.6 is 0 Å². The van der Waals surface area contributed by atoms with E-state index in [1.54, 1.807) is 0 Å². The number of amides is 3. The molecule has 0 radical (unpaired) electrons. The zero-order chi connectivity index (χ0) is 31.5. The van der Waals surface area contributed by atoms with Crippen molar-refractivity contribution in [2.75, 3.05) is 92.4 Å². The molecule has 17 nitrogen and oxygen atoms in total. The van der Waals surface area contributed by atoms with Crippen LogP contribution in [0.3, 0.4) is 0 Å². The molecule has 1 aromatic heterocycles. The number of carbonyl (C=O) groups excluding carboxylic acids is 3. The normalized spacial score (nSPS) is 11.7. The summed E-state index contributed by atoms with van der Waals surface area (Å²) in [6.07, 6.45) is 1.81. The summed E-state index contributed by atoms with van der Waals surface area (Å²) in [5.74, 6) is -1.86. The van der Waals surface area contributed by atoms with Gasteiger partial charge in [0.1, 0.15) is 4.92 Å². The summed E-state index contributed by atoms with van der Waals surface area (Å²) in [6, 6.07) is 1.67. The molecular formula is C26H45N5O12. The van der Waals surface area contributed by atoms with Crippen LogP contribution in [0.1, 0.15) is 36.2 Å². The third-order valence-corrected chi connectivity index (χ3v) is 5.46. The van der Waals surface area contributed by atoms with Gasteiger partial charge in [-0.2, -0.15) is 0 Å². The van der Waals surface area contributed by atoms with E-state index in [2.05, 4.69) is 10.6 Å². The predicted octanol–water partition coefficient (Wildman–Crippen LogP) is -0.494. The van der Waals surface area contributed by atoms with Gasteiger partial charge < -0.3 is 54.9 Å². The van der Waals surface area contributed by atoms with Crippen molar-refractivity contribution in [2.45, 2.75) is 31.7 Å². The Morgan fingerprint density at radius 1 is 0.767 bits per heavy atom. The zero-order valence-electron chi connectivity index (χ0n) is 24.5. The number of unbranched alkanes of at least 4 members (excludes halogenated alkanes) is 1. The summed E-state index contributed by atoms with van der Waals surface area (Å²) in [7, 11) is 0. The molecule has 0 unspecified atom stereocenters. The minimum Gasteiger partial charge on any atom is -0.395 e. The first-order chi connectivity index (χ1) is 20.8. The van der Waals surface area contributed by atoms with Crippen LogP contribution in [0.4, 0.5) is 5.88 Å². The summed E-state index contributed by atoms with van der Waals surface area (Å²) < 4.78 is 36.9. The summed E-state index contributed by atoms with van der Waals surface area (Å²) in [5.41, 5.74) is 10.9. The Balaban J connectivity index is 1.81. The van der Waals surface area contributed by atoms with E-state index in [4.69, 9.17) is 44.3 Å². The molecule has 43 heavy (non-hydrogen) atoms. The molecular weight excluding hydrogens is 574 g/mol. The van der Waals surface area contributed by atoms with Gasteiger partial charge in [-0.3, -0.25) is 24.5 Å². The molecule has 0 spiro atoms. The van der Waals surface area contributed by atoms with Crippen molar-refractivity contribution in [3.05, 3.63) is 28.0 Å². The molecule has 6 N–H and O–H groups in total. The van der Waals surface area contributed by atoms with Gasteiger partial charge in [-0.15, -0.1) is 0 Å². The fourth-order valence-corrected chi connectivity index (χ4v) is 3.21. The molecule has 0 fully saturated rings. The van der Waals surface area contributed by atoms with Crippen molar-refractivity contribution < 1.29 is 52.1 Å². The minimum atomic E-state index is -0.720. The lowest BCUT2D eigenvalue weighted by molar-refractivity contribution is -0.402. The average molecular weight is 620 g/mol. The van der Waals surface area contributed by atoms with Gasteiger partial charge in [-0.25, -0.2) is 0 Å². The molecule has 1 aromatic rings. The number of nitrogens with one attached hydrogen (secondary N) is 2. The van der Waals surface area contributed by atoms with Gasteiger partial charge in [0.25, 0.3) is 5.91 Å². The lowest BCUT2D eigenvalue weighted by atomic mass is 10.1. The van der Waals surface area contributed by atoms with Gasteiger partial charge in [0.15, 0.2) is 5.76 Å². The highest BCUT2D eigenvalue weighted by Crippen LogP contribution is 2.15. The van der Waals surface area contributed by atoms with E-state index in [-0.39, 0.29) is 18.1 Å². The minimum absolute atomic E-state index is 0.137. The number of hydrogen-bond donors (Lipinski definition) is 4. The molecule has 17 heteroatoms. The molecule has 0 aliphatic carbocycles. The second kappa shape index (κ2) is 25.3. The highest BCUT2D eigenvalue weighted by atomic mass is 16.6. The van der Waals surface area contributed by atoms with Gasteiger partial charge >= 0.3 is 5.88 Å². The fraction of sp³-hybridized carbons (Fsp3) is 0.731. The summed E-state index contributed by atoms with van der Waals surface area (Å²) >= 11 is 0. The SMILES string of the molecule is NC(=O)CCOCCOCCOCCOCCOCCOCCNC(=O)[C@@H](N)CCCCNC(=O)c1ccc([N+](=O)[O-])o1. The Labute approximate surface area is 250 Å². The lowest BCUT2D eigenvalue weighted by Crippen LogP contribution is -2.41. The number of furan rings is 1. The highest BCUT2D eigenvalue weighted by Gasteiger charge is 2.17. The molecule has 1 rings (SSSR count). The number of nitrogens with two attached hydrogens (primary N) is 2. The second-order valence-electron chi connectivity index (χ2n) is 8.93. The Kier molecular flexibility index (Phi) is 22.3. The van der Waals surface area contributed by atoms with Gasteiger partial charge in [0.05, 0.1) is 91.4 Å². The molecule has 0 saturated carbocycles. The zero-order valence-corrected chi connectivity index (χ0v) is 24.5. The number of carbonyl (C=O) groups is 3. The van der Waals surface area contributed by atoms with Crippen molar-refractivity contribution in [1.29, 1.82) is 0 Å². The van der Waals surface area contributed by atoms with Crippen LogP contribution in [0.15, 0.2) is 16.5 Å². The standard InChI is InChI=1S/C26H45N5O12/c27-21(3-1-2-7-29-26(34)22-4-5-24(43-22)31(35)36)25(33)30-8-10-38-12-14-40-16-18-42-20-19-41-17-15-39-13-11-37-9-6-23(28)32/h4-5,21H,1-3,6-20,27H2,(H2,28,32)(H,29,34)(H,30,33)/t21-/m0/s1. The number of rotatable bonds is 29. The fourth-order valence-electron chi connectivity index (χ4n) is 3.21. The van der Waals surface area contributed by atoms with E-state index in [0.29, 0.717) is 112 Å². The Bertz CT molecular complexity index is 917. The first-order valence-electron chi connectivity index (χ1n) is 14.1. The average Bonchev–Trinajstić information content (AvgIpc) is 3.48. The molecule has 0 bridgehead atoms. The first-order valence-corrected chi connectivity index (χ1v) is 14.1.